The van der Waals surface area contributed by atoms with Gasteiger partial charge in [-0.2, -0.15) is 23.0 Å². The molecule has 0 aliphatic rings. The average molecular weight is 497 g/mol. The average Bonchev–Trinajstić information content (AvgIpc) is 3.31. The zero-order valence-corrected chi connectivity index (χ0v) is 18.4. The number of hydrogen-bond acceptors (Lipinski definition) is 7. The molecule has 1 aromatic heterocycles. The van der Waals surface area contributed by atoms with Gasteiger partial charge in [-0.15, -0.1) is 0 Å². The summed E-state index contributed by atoms with van der Waals surface area (Å²) in [7, 11) is -3.98. The van der Waals surface area contributed by atoms with E-state index in [1.807, 2.05) is 4.72 Å². The number of esters is 1. The van der Waals surface area contributed by atoms with Gasteiger partial charge in [-0.05, 0) is 37.3 Å². The Kier molecular flexibility index (Phi) is 7.32. The second-order valence-electron chi connectivity index (χ2n) is 6.92. The Balaban J connectivity index is 1.61. The van der Waals surface area contributed by atoms with Crippen LogP contribution in [-0.4, -0.2) is 48.2 Å². The lowest BCUT2D eigenvalue weighted by molar-refractivity contribution is -0.146. The van der Waals surface area contributed by atoms with Gasteiger partial charge in [0.1, 0.15) is 19.2 Å². The molecule has 0 saturated carbocycles. The number of nitrogens with zero attached hydrogens (tertiary/aromatic N) is 3. The number of hydrogen-bond donors (Lipinski definition) is 2. The lowest BCUT2D eigenvalue weighted by Crippen LogP contribution is -2.32. The number of carbonyl (C=O) groups is 2. The van der Waals surface area contributed by atoms with Crippen LogP contribution >= 0.6 is 0 Å². The van der Waals surface area contributed by atoms with E-state index < -0.39 is 46.8 Å². The number of carbonyl (C=O) groups excluding carboxylic acids is 2. The monoisotopic (exact) mass is 497 g/mol. The largest absolute Gasteiger partial charge is 0.455 e. The molecule has 2 aromatic carbocycles. The van der Waals surface area contributed by atoms with E-state index in [2.05, 4.69) is 15.4 Å². The topological polar surface area (TPSA) is 132 Å². The van der Waals surface area contributed by atoms with E-state index in [4.69, 9.17) is 4.74 Å². The van der Waals surface area contributed by atoms with E-state index >= 15 is 0 Å². The Labute approximate surface area is 191 Å². The molecule has 0 bridgehead atoms. The van der Waals surface area contributed by atoms with E-state index in [1.165, 1.54) is 18.5 Å². The van der Waals surface area contributed by atoms with Crippen molar-refractivity contribution in [1.29, 1.82) is 0 Å². The number of anilines is 1. The zero-order valence-electron chi connectivity index (χ0n) is 17.5. The second kappa shape index (κ2) is 10.0. The maximum atomic E-state index is 13.1. The molecule has 0 aliphatic heterocycles. The highest BCUT2D eigenvalue weighted by Crippen LogP contribution is 2.33. The summed E-state index contributed by atoms with van der Waals surface area (Å²) in [5, 5.41) is 6.05. The van der Waals surface area contributed by atoms with Crippen LogP contribution in [0.4, 0.5) is 18.9 Å². The lowest BCUT2D eigenvalue weighted by Gasteiger charge is -2.14. The van der Waals surface area contributed by atoms with Gasteiger partial charge in [0, 0.05) is 0 Å². The van der Waals surface area contributed by atoms with Crippen molar-refractivity contribution < 1.29 is 35.9 Å². The molecule has 3 rings (SSSR count). The molecule has 34 heavy (non-hydrogen) atoms. The number of aryl methyl sites for hydroxylation is 1. The van der Waals surface area contributed by atoms with Gasteiger partial charge in [0.05, 0.1) is 21.8 Å². The van der Waals surface area contributed by atoms with Gasteiger partial charge < -0.3 is 10.1 Å². The highest BCUT2D eigenvalue weighted by molar-refractivity contribution is 7.89. The molecule has 1 amide bonds. The molecule has 10 nitrogen and oxygen atoms in total. The van der Waals surface area contributed by atoms with Gasteiger partial charge >= 0.3 is 12.1 Å². The number of aromatic nitrogens is 3. The van der Waals surface area contributed by atoms with Crippen LogP contribution in [0, 0.1) is 6.92 Å². The van der Waals surface area contributed by atoms with Crippen molar-refractivity contribution in [1.82, 2.24) is 19.5 Å². The van der Waals surface area contributed by atoms with Crippen LogP contribution in [0.25, 0.3) is 5.69 Å². The fourth-order valence-corrected chi connectivity index (χ4v) is 3.65. The Morgan fingerprint density at radius 2 is 1.82 bits per heavy atom. The number of halogens is 3. The quantitative estimate of drug-likeness (QED) is 0.455. The molecule has 0 spiro atoms. The first-order valence-electron chi connectivity index (χ1n) is 9.54. The summed E-state index contributed by atoms with van der Waals surface area (Å²) in [6, 6.07) is 8.49. The smallest absolute Gasteiger partial charge is 0.416 e. The molecule has 0 radical (unpaired) electrons. The van der Waals surface area contributed by atoms with E-state index in [-0.39, 0.29) is 16.3 Å². The Bertz CT molecular complexity index is 1280. The highest BCUT2D eigenvalue weighted by atomic mass is 32.2. The van der Waals surface area contributed by atoms with Crippen molar-refractivity contribution in [3.05, 3.63) is 66.2 Å². The van der Waals surface area contributed by atoms with Crippen LogP contribution in [0.5, 0.6) is 0 Å². The van der Waals surface area contributed by atoms with E-state index in [0.29, 0.717) is 6.07 Å². The number of benzene rings is 2. The number of alkyl halides is 3. The molecule has 0 unspecified atom stereocenters. The van der Waals surface area contributed by atoms with Crippen molar-refractivity contribution >= 4 is 27.6 Å². The van der Waals surface area contributed by atoms with Gasteiger partial charge in [0.2, 0.25) is 10.0 Å². The maximum absolute atomic E-state index is 13.1. The van der Waals surface area contributed by atoms with Gasteiger partial charge in [-0.25, -0.2) is 18.1 Å². The Morgan fingerprint density at radius 1 is 1.12 bits per heavy atom. The molecule has 0 fully saturated rings. The van der Waals surface area contributed by atoms with Crippen molar-refractivity contribution in [2.75, 3.05) is 18.5 Å². The van der Waals surface area contributed by atoms with Gasteiger partial charge in [-0.1, -0.05) is 17.7 Å². The number of sulfonamides is 1. The van der Waals surface area contributed by atoms with Crippen molar-refractivity contribution in [3.8, 4) is 5.69 Å². The standard InChI is InChI=1S/C20H18F3N5O5S/c1-13-2-5-15(6-3-13)34(31,32)26-9-19(30)33-10-18(29)27-16-8-14(20(21,22)23)4-7-17(16)28-12-24-11-25-28/h2-8,11-12,26H,9-10H2,1H3,(H,27,29). The lowest BCUT2D eigenvalue weighted by atomic mass is 10.1. The number of amides is 1. The first kappa shape index (κ1) is 24.9. The molecule has 1 heterocycles. The molecule has 0 aliphatic carbocycles. The Hall–Kier alpha value is -3.78. The first-order valence-corrected chi connectivity index (χ1v) is 11.0. The molecule has 0 atom stereocenters. The first-order chi connectivity index (χ1) is 16.0. The third kappa shape index (κ3) is 6.39. The minimum absolute atomic E-state index is 0.0613. The van der Waals surface area contributed by atoms with E-state index in [9.17, 15) is 31.2 Å². The molecule has 2 N–H and O–H groups in total. The summed E-state index contributed by atoms with van der Waals surface area (Å²) in [6.45, 7) is 0.163. The van der Waals surface area contributed by atoms with Gasteiger partial charge in [0.15, 0.2) is 6.61 Å². The molecule has 14 heteroatoms. The van der Waals surface area contributed by atoms with Crippen LogP contribution in [-0.2, 0) is 30.5 Å². The summed E-state index contributed by atoms with van der Waals surface area (Å²) >= 11 is 0. The summed E-state index contributed by atoms with van der Waals surface area (Å²) in [5.74, 6) is -2.01. The molecular weight excluding hydrogens is 479 g/mol. The third-order valence-corrected chi connectivity index (χ3v) is 5.78. The van der Waals surface area contributed by atoms with Crippen LogP contribution in [0.2, 0.25) is 0 Å². The normalized spacial score (nSPS) is 11.8. The van der Waals surface area contributed by atoms with Crippen molar-refractivity contribution in [2.24, 2.45) is 0 Å². The van der Waals surface area contributed by atoms with E-state index in [1.54, 1.807) is 19.1 Å². The number of rotatable bonds is 8. The minimum atomic E-state index is -4.67. The van der Waals surface area contributed by atoms with Crippen molar-refractivity contribution in [3.63, 3.8) is 0 Å². The Morgan fingerprint density at radius 3 is 2.44 bits per heavy atom. The highest BCUT2D eigenvalue weighted by Gasteiger charge is 2.31. The second-order valence-corrected chi connectivity index (χ2v) is 8.68. The van der Waals surface area contributed by atoms with Crippen LogP contribution in [0.1, 0.15) is 11.1 Å². The predicted molar refractivity (Wildman–Crippen MR) is 112 cm³/mol. The predicted octanol–water partition coefficient (Wildman–Crippen LogP) is 2.05. The number of ether oxygens (including phenoxy) is 1. The fraction of sp³-hybridized carbons (Fsp3) is 0.200. The van der Waals surface area contributed by atoms with Crippen molar-refractivity contribution in [2.45, 2.75) is 18.0 Å². The molecule has 3 aromatic rings. The fourth-order valence-electron chi connectivity index (χ4n) is 2.68. The van der Waals surface area contributed by atoms with Gasteiger partial charge in [-0.3, -0.25) is 9.59 Å². The third-order valence-electron chi connectivity index (χ3n) is 4.37. The van der Waals surface area contributed by atoms with Crippen LogP contribution in [0.3, 0.4) is 0 Å². The van der Waals surface area contributed by atoms with Crippen LogP contribution < -0.4 is 10.0 Å². The van der Waals surface area contributed by atoms with Crippen LogP contribution in [0.15, 0.2) is 60.0 Å². The summed E-state index contributed by atoms with van der Waals surface area (Å²) in [5.41, 5.74) is -0.330. The van der Waals surface area contributed by atoms with Gasteiger partial charge in [0.25, 0.3) is 5.91 Å². The molecule has 180 valence electrons. The molecule has 0 saturated heterocycles. The van der Waals surface area contributed by atoms with E-state index in [0.717, 1.165) is 28.7 Å². The molecular formula is C20H18F3N5O5S. The minimum Gasteiger partial charge on any atom is -0.455 e. The summed E-state index contributed by atoms with van der Waals surface area (Å²) in [4.78, 5) is 27.7. The zero-order chi connectivity index (χ0) is 24.9. The number of nitrogens with one attached hydrogen (secondary N) is 2. The SMILES string of the molecule is Cc1ccc(S(=O)(=O)NCC(=O)OCC(=O)Nc2cc(C(F)(F)F)ccc2-n2cncn2)cc1. The maximum Gasteiger partial charge on any atom is 0.416 e. The summed E-state index contributed by atoms with van der Waals surface area (Å²) in [6.07, 6.45) is -2.29. The summed E-state index contributed by atoms with van der Waals surface area (Å²) < 4.78 is 71.5.